The fraction of sp³-hybridized carbons (Fsp3) is 0.200. The summed E-state index contributed by atoms with van der Waals surface area (Å²) in [4.78, 5) is 25.3. The SMILES string of the molecule is CC(CCO)NC(=N)c1c(O)nsc1Nc1cncc(C(=O)n2ccc3nc(N)ncc32)c1. The van der Waals surface area contributed by atoms with Crippen molar-refractivity contribution in [2.45, 2.75) is 19.4 Å². The lowest BCUT2D eigenvalue weighted by Gasteiger charge is -2.15. The summed E-state index contributed by atoms with van der Waals surface area (Å²) in [7, 11) is 0. The van der Waals surface area contributed by atoms with Crippen molar-refractivity contribution in [2.75, 3.05) is 17.7 Å². The van der Waals surface area contributed by atoms with E-state index < -0.39 is 0 Å². The number of nitrogen functional groups attached to an aromatic ring is 1. The molecule has 4 rings (SSSR count). The highest BCUT2D eigenvalue weighted by atomic mass is 32.1. The Kier molecular flexibility index (Phi) is 6.15. The number of nitrogens with zero attached hydrogens (tertiary/aromatic N) is 5. The van der Waals surface area contributed by atoms with Gasteiger partial charge in [0.1, 0.15) is 16.4 Å². The Balaban J connectivity index is 1.58. The summed E-state index contributed by atoms with van der Waals surface area (Å²) in [5.74, 6) is -0.554. The number of aliphatic hydroxyl groups is 1. The molecule has 7 N–H and O–H groups in total. The molecule has 12 nitrogen and oxygen atoms in total. The third-order valence-electron chi connectivity index (χ3n) is 4.80. The molecule has 0 aliphatic carbocycles. The first kappa shape index (κ1) is 22.1. The normalized spacial score (nSPS) is 11.9. The Labute approximate surface area is 191 Å². The zero-order chi connectivity index (χ0) is 23.5. The maximum atomic E-state index is 13.1. The minimum atomic E-state index is -0.339. The molecule has 0 aromatic carbocycles. The Morgan fingerprint density at radius 2 is 2.18 bits per heavy atom. The largest absolute Gasteiger partial charge is 0.492 e. The van der Waals surface area contributed by atoms with Crippen molar-refractivity contribution in [3.63, 3.8) is 0 Å². The Hall–Kier alpha value is -4.10. The van der Waals surface area contributed by atoms with Gasteiger partial charge in [-0.15, -0.1) is 0 Å². The van der Waals surface area contributed by atoms with E-state index in [0.717, 1.165) is 11.5 Å². The van der Waals surface area contributed by atoms with Gasteiger partial charge in [0.15, 0.2) is 0 Å². The van der Waals surface area contributed by atoms with Gasteiger partial charge in [0.2, 0.25) is 11.8 Å². The molecule has 0 amide bonds. The number of fused-ring (bicyclic) bond motifs is 1. The predicted molar refractivity (Wildman–Crippen MR) is 124 cm³/mol. The maximum absolute atomic E-state index is 13.1. The van der Waals surface area contributed by atoms with Crippen LogP contribution in [0.2, 0.25) is 0 Å². The van der Waals surface area contributed by atoms with Gasteiger partial charge < -0.3 is 26.6 Å². The molecule has 4 aromatic heterocycles. The molecule has 0 aliphatic rings. The van der Waals surface area contributed by atoms with Gasteiger partial charge >= 0.3 is 0 Å². The Morgan fingerprint density at radius 1 is 1.36 bits per heavy atom. The molecule has 170 valence electrons. The van der Waals surface area contributed by atoms with Crippen LogP contribution in [0.3, 0.4) is 0 Å². The Morgan fingerprint density at radius 3 is 2.97 bits per heavy atom. The van der Waals surface area contributed by atoms with Crippen molar-refractivity contribution in [1.82, 2.24) is 29.2 Å². The van der Waals surface area contributed by atoms with Crippen LogP contribution in [0, 0.1) is 5.41 Å². The number of hydrogen-bond donors (Lipinski definition) is 6. The summed E-state index contributed by atoms with van der Waals surface area (Å²) >= 11 is 0.967. The maximum Gasteiger partial charge on any atom is 0.264 e. The van der Waals surface area contributed by atoms with Crippen LogP contribution >= 0.6 is 11.5 Å². The first-order valence-corrected chi connectivity index (χ1v) is 10.7. The minimum absolute atomic E-state index is 0.0247. The molecule has 1 unspecified atom stereocenters. The van der Waals surface area contributed by atoms with Gasteiger partial charge in [-0.1, -0.05) is 0 Å². The smallest absolute Gasteiger partial charge is 0.264 e. The van der Waals surface area contributed by atoms with Crippen LogP contribution in [0.1, 0.15) is 29.3 Å². The van der Waals surface area contributed by atoms with Crippen LogP contribution < -0.4 is 16.4 Å². The molecular formula is C20H21N9O3S. The number of carbonyl (C=O) groups excluding carboxylic acids is 1. The quantitative estimate of drug-likeness (QED) is 0.172. The summed E-state index contributed by atoms with van der Waals surface area (Å²) in [6.07, 6.45) is 6.46. The standard InChI is InChI=1S/C20H21N9O3S/c1-10(3-5-30)25-16(21)15-17(31)28-33-18(15)26-12-6-11(7-23-8-12)19(32)29-4-2-13-14(29)9-24-20(22)27-13/h2,4,6-10,26,30H,3,5H2,1H3,(H2,21,25)(H,28,31)(H2,22,24,27). The fourth-order valence-electron chi connectivity index (χ4n) is 3.19. The number of aliphatic hydroxyl groups excluding tert-OH is 1. The monoisotopic (exact) mass is 467 g/mol. The number of carbonyl (C=O) groups is 1. The van der Waals surface area contributed by atoms with Crippen LogP contribution in [0.5, 0.6) is 5.88 Å². The lowest BCUT2D eigenvalue weighted by atomic mass is 10.2. The van der Waals surface area contributed by atoms with E-state index in [2.05, 4.69) is 30.0 Å². The molecule has 0 saturated carbocycles. The summed E-state index contributed by atoms with van der Waals surface area (Å²) in [5.41, 5.74) is 7.62. The van der Waals surface area contributed by atoms with Gasteiger partial charge in [-0.25, -0.2) is 9.97 Å². The number of nitrogens with one attached hydrogen (secondary N) is 3. The number of hydrogen-bond acceptors (Lipinski definition) is 11. The number of anilines is 3. The minimum Gasteiger partial charge on any atom is -0.492 e. The third-order valence-corrected chi connectivity index (χ3v) is 5.55. The molecule has 0 saturated heterocycles. The van der Waals surface area contributed by atoms with Crippen molar-refractivity contribution in [3.05, 3.63) is 48.0 Å². The Bertz CT molecular complexity index is 1330. The van der Waals surface area contributed by atoms with Crippen molar-refractivity contribution >= 4 is 50.9 Å². The van der Waals surface area contributed by atoms with Gasteiger partial charge in [-0.2, -0.15) is 4.37 Å². The van der Waals surface area contributed by atoms with Crippen LogP contribution in [-0.2, 0) is 0 Å². The second kappa shape index (κ2) is 9.18. The molecular weight excluding hydrogens is 446 g/mol. The summed E-state index contributed by atoms with van der Waals surface area (Å²) in [5, 5.41) is 33.9. The number of amidine groups is 1. The molecule has 33 heavy (non-hydrogen) atoms. The molecule has 0 radical (unpaired) electrons. The number of aromatic hydroxyl groups is 1. The third kappa shape index (κ3) is 4.58. The number of nitrogens with two attached hydrogens (primary N) is 1. The highest BCUT2D eigenvalue weighted by Crippen LogP contribution is 2.32. The molecule has 4 aromatic rings. The van der Waals surface area contributed by atoms with E-state index in [1.54, 1.807) is 18.3 Å². The van der Waals surface area contributed by atoms with Crippen molar-refractivity contribution in [1.29, 1.82) is 5.41 Å². The fourth-order valence-corrected chi connectivity index (χ4v) is 3.90. The zero-order valence-corrected chi connectivity index (χ0v) is 18.3. The molecule has 0 spiro atoms. The van der Waals surface area contributed by atoms with Crippen molar-refractivity contribution < 1.29 is 15.0 Å². The lowest BCUT2D eigenvalue weighted by Crippen LogP contribution is -2.33. The highest BCUT2D eigenvalue weighted by molar-refractivity contribution is 7.11. The van der Waals surface area contributed by atoms with E-state index in [1.165, 1.54) is 23.2 Å². The molecule has 1 atom stereocenters. The summed E-state index contributed by atoms with van der Waals surface area (Å²) in [6.45, 7) is 1.79. The van der Waals surface area contributed by atoms with Gasteiger partial charge in [0.05, 0.1) is 34.7 Å². The van der Waals surface area contributed by atoms with E-state index in [-0.39, 0.29) is 41.8 Å². The summed E-state index contributed by atoms with van der Waals surface area (Å²) in [6, 6.07) is 3.10. The van der Waals surface area contributed by atoms with Gasteiger partial charge in [0, 0.05) is 25.0 Å². The topological polar surface area (TPSA) is 188 Å². The van der Waals surface area contributed by atoms with Crippen molar-refractivity contribution in [3.8, 4) is 5.88 Å². The van der Waals surface area contributed by atoms with E-state index in [4.69, 9.17) is 16.2 Å². The number of pyridine rings is 1. The average Bonchev–Trinajstić information content (AvgIpc) is 3.36. The highest BCUT2D eigenvalue weighted by Gasteiger charge is 2.20. The van der Waals surface area contributed by atoms with E-state index in [9.17, 15) is 9.90 Å². The van der Waals surface area contributed by atoms with E-state index >= 15 is 0 Å². The molecule has 0 aliphatic heterocycles. The van der Waals surface area contributed by atoms with Crippen LogP contribution in [0.25, 0.3) is 11.0 Å². The van der Waals surface area contributed by atoms with Gasteiger partial charge in [0.25, 0.3) is 5.91 Å². The van der Waals surface area contributed by atoms with Gasteiger partial charge in [-0.05, 0) is 37.0 Å². The lowest BCUT2D eigenvalue weighted by molar-refractivity contribution is 0.0964. The summed E-state index contributed by atoms with van der Waals surface area (Å²) < 4.78 is 5.32. The number of rotatable bonds is 7. The molecule has 4 heterocycles. The second-order valence-electron chi connectivity index (χ2n) is 7.22. The van der Waals surface area contributed by atoms with Crippen LogP contribution in [0.15, 0.2) is 36.9 Å². The van der Waals surface area contributed by atoms with Crippen LogP contribution in [0.4, 0.5) is 16.6 Å². The average molecular weight is 468 g/mol. The second-order valence-corrected chi connectivity index (χ2v) is 7.99. The van der Waals surface area contributed by atoms with Gasteiger partial charge in [-0.3, -0.25) is 19.8 Å². The van der Waals surface area contributed by atoms with Crippen molar-refractivity contribution in [2.24, 2.45) is 0 Å². The first-order valence-electron chi connectivity index (χ1n) is 9.88. The molecule has 0 fully saturated rings. The molecule has 0 bridgehead atoms. The number of aromatic nitrogens is 5. The predicted octanol–water partition coefficient (Wildman–Crippen LogP) is 1.69. The molecule has 13 heteroatoms. The first-order chi connectivity index (χ1) is 15.9. The van der Waals surface area contributed by atoms with E-state index in [1.807, 2.05) is 6.92 Å². The zero-order valence-electron chi connectivity index (χ0n) is 17.5. The van der Waals surface area contributed by atoms with E-state index in [0.29, 0.717) is 33.7 Å². The van der Waals surface area contributed by atoms with Crippen LogP contribution in [-0.4, -0.2) is 58.5 Å².